The molecule has 0 spiro atoms. The molecule has 2 rings (SSSR count). The van der Waals surface area contributed by atoms with Crippen molar-refractivity contribution < 1.29 is 33.3 Å². The Bertz CT molecular complexity index is 625. The summed E-state index contributed by atoms with van der Waals surface area (Å²) < 4.78 is 22.3. The zero-order chi connectivity index (χ0) is 18.6. The molecule has 7 nitrogen and oxygen atoms in total. The van der Waals surface area contributed by atoms with Gasteiger partial charge in [-0.3, -0.25) is 14.4 Å². The summed E-state index contributed by atoms with van der Waals surface area (Å²) in [5.41, 5.74) is 0.508. The number of rotatable bonds is 5. The first-order chi connectivity index (χ1) is 11.8. The van der Waals surface area contributed by atoms with Gasteiger partial charge >= 0.3 is 11.9 Å². The van der Waals surface area contributed by atoms with Crippen molar-refractivity contribution in [3.8, 4) is 5.75 Å². The molecule has 0 radical (unpaired) electrons. The van der Waals surface area contributed by atoms with Crippen molar-refractivity contribution in [1.29, 1.82) is 0 Å². The largest absolute Gasteiger partial charge is 0.461 e. The van der Waals surface area contributed by atoms with Crippen LogP contribution >= 0.6 is 0 Å². The molecule has 1 aliphatic rings. The first kappa shape index (κ1) is 18.9. The molecule has 1 aromatic carbocycles. The molecule has 0 N–H and O–H groups in total. The van der Waals surface area contributed by atoms with Crippen LogP contribution in [0.5, 0.6) is 5.75 Å². The normalized spacial score (nSPS) is 28.7. The molecule has 25 heavy (non-hydrogen) atoms. The summed E-state index contributed by atoms with van der Waals surface area (Å²) in [6, 6.07) is 6.42. The van der Waals surface area contributed by atoms with Gasteiger partial charge in [-0.15, -0.1) is 0 Å². The lowest BCUT2D eigenvalue weighted by Crippen LogP contribution is -2.57. The number of benzene rings is 1. The van der Waals surface area contributed by atoms with Crippen molar-refractivity contribution in [2.45, 2.75) is 52.3 Å². The topological polar surface area (TPSA) is 88.1 Å². The number of carbonyl (C=O) groups is 3. The summed E-state index contributed by atoms with van der Waals surface area (Å²) in [5, 5.41) is 0. The highest BCUT2D eigenvalue weighted by Crippen LogP contribution is 2.31. The molecule has 0 saturated carbocycles. The molecule has 0 unspecified atom stereocenters. The van der Waals surface area contributed by atoms with Crippen LogP contribution in [0.3, 0.4) is 0 Å². The van der Waals surface area contributed by atoms with Crippen molar-refractivity contribution in [3.05, 3.63) is 29.8 Å². The van der Waals surface area contributed by atoms with Crippen molar-refractivity contribution in [1.82, 2.24) is 0 Å². The quantitative estimate of drug-likeness (QED) is 0.594. The van der Waals surface area contributed by atoms with E-state index >= 15 is 0 Å². The molecule has 1 fully saturated rings. The van der Waals surface area contributed by atoms with Gasteiger partial charge in [0.15, 0.2) is 0 Å². The van der Waals surface area contributed by atoms with Crippen LogP contribution in [0.1, 0.15) is 38.1 Å². The smallest absolute Gasteiger partial charge is 0.303 e. The Balaban J connectivity index is 2.25. The van der Waals surface area contributed by atoms with Gasteiger partial charge in [0.2, 0.25) is 12.4 Å². The van der Waals surface area contributed by atoms with E-state index in [-0.39, 0.29) is 12.0 Å². The van der Waals surface area contributed by atoms with E-state index in [1.807, 2.05) is 13.8 Å². The van der Waals surface area contributed by atoms with Crippen LogP contribution in [-0.4, -0.2) is 42.8 Å². The molecule has 0 aliphatic carbocycles. The van der Waals surface area contributed by atoms with E-state index in [0.29, 0.717) is 11.3 Å². The van der Waals surface area contributed by atoms with E-state index < -0.39 is 30.4 Å². The molecular formula is C18H22O7. The van der Waals surface area contributed by atoms with E-state index in [1.165, 1.54) is 13.8 Å². The predicted molar refractivity (Wildman–Crippen MR) is 87.1 cm³/mol. The van der Waals surface area contributed by atoms with Crippen LogP contribution in [0.15, 0.2) is 24.3 Å². The molecule has 1 aliphatic heterocycles. The van der Waals surface area contributed by atoms with E-state index in [9.17, 15) is 14.4 Å². The first-order valence-electron chi connectivity index (χ1n) is 8.03. The third kappa shape index (κ3) is 4.79. The Hall–Kier alpha value is -2.41. The molecule has 1 aromatic rings. The monoisotopic (exact) mass is 350 g/mol. The highest BCUT2D eigenvalue weighted by atomic mass is 16.7. The molecular weight excluding hydrogens is 328 g/mol. The van der Waals surface area contributed by atoms with Gasteiger partial charge in [0, 0.05) is 25.3 Å². The lowest BCUT2D eigenvalue weighted by molar-refractivity contribution is -0.263. The van der Waals surface area contributed by atoms with Crippen molar-refractivity contribution in [2.75, 3.05) is 0 Å². The molecule has 0 amide bonds. The number of esters is 2. The van der Waals surface area contributed by atoms with Gasteiger partial charge in [-0.2, -0.15) is 0 Å². The summed E-state index contributed by atoms with van der Waals surface area (Å²) in [4.78, 5) is 33.7. The van der Waals surface area contributed by atoms with Gasteiger partial charge in [-0.1, -0.05) is 6.92 Å². The minimum atomic E-state index is -0.943. The maximum Gasteiger partial charge on any atom is 0.303 e. The Kier molecular flexibility index (Phi) is 6.14. The molecule has 136 valence electrons. The van der Waals surface area contributed by atoms with E-state index in [2.05, 4.69) is 0 Å². The van der Waals surface area contributed by atoms with Crippen molar-refractivity contribution in [3.63, 3.8) is 0 Å². The molecule has 1 saturated heterocycles. The second kappa shape index (κ2) is 8.11. The van der Waals surface area contributed by atoms with Crippen molar-refractivity contribution >= 4 is 18.2 Å². The highest BCUT2D eigenvalue weighted by Gasteiger charge is 2.47. The van der Waals surface area contributed by atoms with Gasteiger partial charge in [0.1, 0.15) is 18.1 Å². The fourth-order valence-electron chi connectivity index (χ4n) is 2.67. The Labute approximate surface area is 146 Å². The van der Waals surface area contributed by atoms with Gasteiger partial charge in [0.25, 0.3) is 0 Å². The number of aldehydes is 1. The summed E-state index contributed by atoms with van der Waals surface area (Å²) >= 11 is 0. The zero-order valence-corrected chi connectivity index (χ0v) is 14.6. The predicted octanol–water partition coefficient (Wildman–Crippen LogP) is 2.12. The minimum Gasteiger partial charge on any atom is -0.461 e. The van der Waals surface area contributed by atoms with Crippen LogP contribution in [0, 0.1) is 5.92 Å². The maximum atomic E-state index is 11.5. The summed E-state index contributed by atoms with van der Waals surface area (Å²) in [6.07, 6.45) is -2.09. The Morgan fingerprint density at radius 1 is 1.00 bits per heavy atom. The number of hydrogen-bond acceptors (Lipinski definition) is 7. The molecule has 0 aromatic heterocycles. The fourth-order valence-corrected chi connectivity index (χ4v) is 2.67. The lowest BCUT2D eigenvalue weighted by Gasteiger charge is -2.42. The average Bonchev–Trinajstić information content (AvgIpc) is 2.55. The summed E-state index contributed by atoms with van der Waals surface area (Å²) in [6.45, 7) is 6.25. The fraction of sp³-hybridized carbons (Fsp3) is 0.500. The van der Waals surface area contributed by atoms with Gasteiger partial charge in [-0.05, 0) is 31.2 Å². The number of hydrogen-bond donors (Lipinski definition) is 0. The number of carbonyl (C=O) groups excluding carboxylic acids is 3. The van der Waals surface area contributed by atoms with Crippen LogP contribution in [0.25, 0.3) is 0 Å². The maximum absolute atomic E-state index is 11.5. The summed E-state index contributed by atoms with van der Waals surface area (Å²) in [5.74, 6) is -0.754. The SMILES string of the molecule is CC(=O)O[C@@H]1[C@H](Oc2ccc(C=O)cc2)O[C@@H](C)[C@@H](C)[C@H]1OC(C)=O. The van der Waals surface area contributed by atoms with E-state index in [0.717, 1.165) is 6.29 Å². The Morgan fingerprint density at radius 2 is 1.56 bits per heavy atom. The standard InChI is InChI=1S/C18H22O7/c1-10-11(2)22-18(25-15-7-5-14(9-19)6-8-15)17(24-13(4)21)16(10)23-12(3)20/h5-11,16-18H,1-4H3/t10-,11+,16-,17+,18+/m1/s1. The average molecular weight is 350 g/mol. The number of ether oxygens (including phenoxy) is 4. The second-order valence-electron chi connectivity index (χ2n) is 6.02. The van der Waals surface area contributed by atoms with Crippen LogP contribution in [0.2, 0.25) is 0 Å². The molecule has 5 atom stereocenters. The Morgan fingerprint density at radius 3 is 2.08 bits per heavy atom. The van der Waals surface area contributed by atoms with Gasteiger partial charge in [0.05, 0.1) is 6.10 Å². The lowest BCUT2D eigenvalue weighted by atomic mass is 9.91. The third-order valence-corrected chi connectivity index (χ3v) is 4.07. The minimum absolute atomic E-state index is 0.189. The van der Waals surface area contributed by atoms with E-state index in [4.69, 9.17) is 18.9 Å². The van der Waals surface area contributed by atoms with Crippen LogP contribution in [0.4, 0.5) is 0 Å². The highest BCUT2D eigenvalue weighted by molar-refractivity contribution is 5.74. The molecule has 0 bridgehead atoms. The van der Waals surface area contributed by atoms with Gasteiger partial charge < -0.3 is 18.9 Å². The van der Waals surface area contributed by atoms with Crippen LogP contribution in [-0.2, 0) is 23.8 Å². The van der Waals surface area contributed by atoms with Crippen LogP contribution < -0.4 is 4.74 Å². The van der Waals surface area contributed by atoms with Gasteiger partial charge in [-0.25, -0.2) is 0 Å². The van der Waals surface area contributed by atoms with Crippen molar-refractivity contribution in [2.24, 2.45) is 5.92 Å². The third-order valence-electron chi connectivity index (χ3n) is 4.07. The molecule has 7 heteroatoms. The second-order valence-corrected chi connectivity index (χ2v) is 6.02. The summed E-state index contributed by atoms with van der Waals surface area (Å²) in [7, 11) is 0. The zero-order valence-electron chi connectivity index (χ0n) is 14.6. The first-order valence-corrected chi connectivity index (χ1v) is 8.03. The van der Waals surface area contributed by atoms with E-state index in [1.54, 1.807) is 24.3 Å². The molecule has 1 heterocycles.